The maximum absolute atomic E-state index is 13.6. The molecule has 2 N–H and O–H groups in total. The summed E-state index contributed by atoms with van der Waals surface area (Å²) < 4.78 is 40.8. The maximum Gasteiger partial charge on any atom is 0.396 e. The minimum Gasteiger partial charge on any atom is -0.369 e. The Bertz CT molecular complexity index is 464. The number of carbonyl (C=O) groups is 1. The maximum atomic E-state index is 13.6. The van der Waals surface area contributed by atoms with Crippen LogP contribution in [-0.4, -0.2) is 12.1 Å². The van der Waals surface area contributed by atoms with Crippen LogP contribution in [0.3, 0.4) is 0 Å². The minimum absolute atomic E-state index is 0.126. The fourth-order valence-corrected chi connectivity index (χ4v) is 3.33. The lowest BCUT2D eigenvalue weighted by molar-refractivity contribution is -0.187. The zero-order valence-electron chi connectivity index (χ0n) is 11.1. The van der Waals surface area contributed by atoms with Crippen molar-refractivity contribution < 1.29 is 18.0 Å². The molecule has 1 aromatic carbocycles. The van der Waals surface area contributed by atoms with Crippen molar-refractivity contribution in [2.45, 2.75) is 44.2 Å². The van der Waals surface area contributed by atoms with Crippen LogP contribution in [0.2, 0.25) is 0 Å². The molecule has 1 fully saturated rings. The molecule has 1 atom stereocenters. The van der Waals surface area contributed by atoms with Gasteiger partial charge in [0.15, 0.2) is 0 Å². The molecule has 110 valence electrons. The summed E-state index contributed by atoms with van der Waals surface area (Å²) in [4.78, 5) is 11.9. The van der Waals surface area contributed by atoms with Crippen molar-refractivity contribution in [3.8, 4) is 0 Å². The summed E-state index contributed by atoms with van der Waals surface area (Å²) >= 11 is 0. The van der Waals surface area contributed by atoms with Crippen LogP contribution in [0.4, 0.5) is 13.2 Å². The summed E-state index contributed by atoms with van der Waals surface area (Å²) in [6.45, 7) is 0. The fourth-order valence-electron chi connectivity index (χ4n) is 3.33. The van der Waals surface area contributed by atoms with Gasteiger partial charge in [0, 0.05) is 0 Å². The number of alkyl halides is 3. The van der Waals surface area contributed by atoms with E-state index < -0.39 is 23.4 Å². The summed E-state index contributed by atoms with van der Waals surface area (Å²) in [7, 11) is 0. The van der Waals surface area contributed by atoms with Gasteiger partial charge in [0.1, 0.15) is 0 Å². The van der Waals surface area contributed by atoms with E-state index in [1.807, 2.05) is 0 Å². The lowest BCUT2D eigenvalue weighted by atomic mass is 9.63. The van der Waals surface area contributed by atoms with E-state index in [-0.39, 0.29) is 18.4 Å². The second-order valence-electron chi connectivity index (χ2n) is 5.47. The second-order valence-corrected chi connectivity index (χ2v) is 5.47. The molecule has 0 radical (unpaired) electrons. The molecule has 5 heteroatoms. The molecule has 0 aromatic heterocycles. The zero-order valence-corrected chi connectivity index (χ0v) is 11.1. The highest BCUT2D eigenvalue weighted by Crippen LogP contribution is 2.54. The van der Waals surface area contributed by atoms with Gasteiger partial charge in [-0.3, -0.25) is 4.79 Å². The van der Waals surface area contributed by atoms with Gasteiger partial charge in [-0.05, 0) is 18.4 Å². The van der Waals surface area contributed by atoms with E-state index in [0.717, 1.165) is 6.42 Å². The lowest BCUT2D eigenvalue weighted by Gasteiger charge is -2.42. The topological polar surface area (TPSA) is 43.1 Å². The summed E-state index contributed by atoms with van der Waals surface area (Å²) in [6, 6.07) is 7.64. The van der Waals surface area contributed by atoms with Crippen molar-refractivity contribution >= 4 is 5.91 Å². The Morgan fingerprint density at radius 2 is 1.65 bits per heavy atom. The van der Waals surface area contributed by atoms with Crippen LogP contribution in [0.25, 0.3) is 0 Å². The van der Waals surface area contributed by atoms with Gasteiger partial charge in [0.2, 0.25) is 5.91 Å². The molecule has 0 aliphatic heterocycles. The van der Waals surface area contributed by atoms with Gasteiger partial charge in [-0.2, -0.15) is 13.2 Å². The Labute approximate surface area is 116 Å². The number of hydrogen-bond donors (Lipinski definition) is 1. The van der Waals surface area contributed by atoms with Gasteiger partial charge in [-0.1, -0.05) is 49.6 Å². The van der Waals surface area contributed by atoms with Crippen molar-refractivity contribution in [3.05, 3.63) is 35.9 Å². The van der Waals surface area contributed by atoms with Crippen LogP contribution in [-0.2, 0) is 4.79 Å². The van der Waals surface area contributed by atoms with Crippen LogP contribution in [0.5, 0.6) is 0 Å². The Morgan fingerprint density at radius 3 is 2.10 bits per heavy atom. The molecule has 1 aromatic rings. The van der Waals surface area contributed by atoms with E-state index >= 15 is 0 Å². The third-order valence-corrected chi connectivity index (χ3v) is 4.25. The molecule has 0 heterocycles. The summed E-state index contributed by atoms with van der Waals surface area (Å²) in [5.41, 5.74) is 4.02. The number of rotatable bonds is 3. The standard InChI is InChI=1S/C15H18F3NO/c16-15(17,18)12(11-7-3-1-4-8-11)14(13(19)20)9-5-2-6-10-14/h1,3-4,7-8,12H,2,5-6,9-10H2,(H2,19,20). The van der Waals surface area contributed by atoms with Crippen LogP contribution in [0.1, 0.15) is 43.6 Å². The molecule has 0 spiro atoms. The van der Waals surface area contributed by atoms with Crippen molar-refractivity contribution in [1.82, 2.24) is 0 Å². The molecule has 1 saturated carbocycles. The molecule has 0 saturated heterocycles. The van der Waals surface area contributed by atoms with Gasteiger partial charge >= 0.3 is 6.18 Å². The van der Waals surface area contributed by atoms with Gasteiger partial charge in [-0.15, -0.1) is 0 Å². The first-order valence-corrected chi connectivity index (χ1v) is 6.79. The van der Waals surface area contributed by atoms with E-state index in [9.17, 15) is 18.0 Å². The van der Waals surface area contributed by atoms with Crippen LogP contribution in [0.15, 0.2) is 30.3 Å². The molecule has 0 bridgehead atoms. The van der Waals surface area contributed by atoms with Crippen molar-refractivity contribution in [3.63, 3.8) is 0 Å². The number of carbonyl (C=O) groups excluding carboxylic acids is 1. The molecule has 20 heavy (non-hydrogen) atoms. The van der Waals surface area contributed by atoms with Crippen molar-refractivity contribution in [1.29, 1.82) is 0 Å². The predicted molar refractivity (Wildman–Crippen MR) is 70.0 cm³/mol. The molecule has 2 nitrogen and oxygen atoms in total. The first-order valence-electron chi connectivity index (χ1n) is 6.79. The van der Waals surface area contributed by atoms with Crippen LogP contribution >= 0.6 is 0 Å². The summed E-state index contributed by atoms with van der Waals surface area (Å²) in [5, 5.41) is 0. The Morgan fingerprint density at radius 1 is 1.10 bits per heavy atom. The third kappa shape index (κ3) is 2.67. The van der Waals surface area contributed by atoms with Crippen LogP contribution < -0.4 is 5.73 Å². The molecular formula is C15H18F3NO. The number of hydrogen-bond acceptors (Lipinski definition) is 1. The Kier molecular flexibility index (Phi) is 4.06. The Hall–Kier alpha value is -1.52. The number of benzene rings is 1. The van der Waals surface area contributed by atoms with Crippen molar-refractivity contribution in [2.75, 3.05) is 0 Å². The van der Waals surface area contributed by atoms with E-state index in [4.69, 9.17) is 5.73 Å². The van der Waals surface area contributed by atoms with Gasteiger partial charge in [0.25, 0.3) is 0 Å². The number of nitrogens with two attached hydrogens (primary N) is 1. The normalized spacial score (nSPS) is 20.4. The third-order valence-electron chi connectivity index (χ3n) is 4.25. The monoisotopic (exact) mass is 285 g/mol. The van der Waals surface area contributed by atoms with E-state index in [0.29, 0.717) is 12.8 Å². The average molecular weight is 285 g/mol. The minimum atomic E-state index is -4.48. The molecule has 2 rings (SSSR count). The average Bonchev–Trinajstić information content (AvgIpc) is 2.39. The number of halogens is 3. The molecular weight excluding hydrogens is 267 g/mol. The summed E-state index contributed by atoms with van der Waals surface area (Å²) in [5.74, 6) is -2.64. The van der Waals surface area contributed by atoms with Gasteiger partial charge in [0.05, 0.1) is 11.3 Å². The van der Waals surface area contributed by atoms with E-state index in [1.165, 1.54) is 12.1 Å². The van der Waals surface area contributed by atoms with E-state index in [1.54, 1.807) is 18.2 Å². The quantitative estimate of drug-likeness (QED) is 0.902. The smallest absolute Gasteiger partial charge is 0.369 e. The zero-order chi connectivity index (χ0) is 14.8. The first kappa shape index (κ1) is 14.9. The SMILES string of the molecule is NC(=O)C1(C(c2ccccc2)C(F)(F)F)CCCCC1. The first-order chi connectivity index (χ1) is 9.38. The largest absolute Gasteiger partial charge is 0.396 e. The lowest BCUT2D eigenvalue weighted by Crippen LogP contribution is -2.48. The molecule has 1 unspecified atom stereocenters. The fraction of sp³-hybridized carbons (Fsp3) is 0.533. The van der Waals surface area contributed by atoms with E-state index in [2.05, 4.69) is 0 Å². The number of amides is 1. The molecule has 1 aliphatic rings. The Balaban J connectivity index is 2.52. The highest BCUT2D eigenvalue weighted by Gasteiger charge is 2.57. The second kappa shape index (κ2) is 5.46. The van der Waals surface area contributed by atoms with Gasteiger partial charge < -0.3 is 5.73 Å². The van der Waals surface area contributed by atoms with Crippen LogP contribution in [0, 0.1) is 5.41 Å². The molecule has 1 amide bonds. The van der Waals surface area contributed by atoms with Crippen molar-refractivity contribution in [2.24, 2.45) is 11.1 Å². The number of primary amides is 1. The van der Waals surface area contributed by atoms with Gasteiger partial charge in [-0.25, -0.2) is 0 Å². The highest BCUT2D eigenvalue weighted by molar-refractivity contribution is 5.82. The highest BCUT2D eigenvalue weighted by atomic mass is 19.4. The predicted octanol–water partition coefficient (Wildman–Crippen LogP) is 3.77. The summed E-state index contributed by atoms with van der Waals surface area (Å²) in [6.07, 6.45) is -1.98. The molecule has 1 aliphatic carbocycles.